The molecule has 19 heavy (non-hydrogen) atoms. The van der Waals surface area contributed by atoms with Crippen LogP contribution in [-0.4, -0.2) is 36.4 Å². The van der Waals surface area contributed by atoms with Crippen molar-refractivity contribution in [3.63, 3.8) is 0 Å². The molecule has 1 amide bonds. The van der Waals surface area contributed by atoms with E-state index >= 15 is 0 Å². The number of amides is 1. The summed E-state index contributed by atoms with van der Waals surface area (Å²) in [6.45, 7) is 6.98. The smallest absolute Gasteiger partial charge is 0.226 e. The van der Waals surface area contributed by atoms with Crippen molar-refractivity contribution >= 4 is 5.91 Å². The molecule has 6 heteroatoms. The summed E-state index contributed by atoms with van der Waals surface area (Å²) in [6, 6.07) is 0. The van der Waals surface area contributed by atoms with Crippen LogP contribution in [0.2, 0.25) is 0 Å². The quantitative estimate of drug-likeness (QED) is 0.793. The van der Waals surface area contributed by atoms with Crippen molar-refractivity contribution < 1.29 is 9.53 Å². The fourth-order valence-electron chi connectivity index (χ4n) is 2.06. The second-order valence-electron chi connectivity index (χ2n) is 5.26. The zero-order valence-corrected chi connectivity index (χ0v) is 12.6. The number of nitrogens with one attached hydrogen (secondary N) is 2. The van der Waals surface area contributed by atoms with E-state index in [-0.39, 0.29) is 5.91 Å². The number of rotatable bonds is 6. The molecule has 0 aliphatic carbocycles. The minimum absolute atomic E-state index is 0.0230. The summed E-state index contributed by atoms with van der Waals surface area (Å²) in [6.07, 6.45) is 0. The van der Waals surface area contributed by atoms with Gasteiger partial charge in [0.15, 0.2) is 0 Å². The fourth-order valence-corrected chi connectivity index (χ4v) is 2.06. The molecule has 0 unspecified atom stereocenters. The first kappa shape index (κ1) is 15.5. The highest BCUT2D eigenvalue weighted by molar-refractivity contribution is 5.81. The summed E-state index contributed by atoms with van der Waals surface area (Å²) in [7, 11) is 5.14. The second kappa shape index (κ2) is 6.06. The summed E-state index contributed by atoms with van der Waals surface area (Å²) in [4.78, 5) is 11.7. The molecule has 0 spiro atoms. The predicted octanol–water partition coefficient (Wildman–Crippen LogP) is 0.599. The zero-order chi connectivity index (χ0) is 14.6. The number of hydrogen-bond acceptors (Lipinski definition) is 4. The van der Waals surface area contributed by atoms with Gasteiger partial charge in [-0.15, -0.1) is 0 Å². The summed E-state index contributed by atoms with van der Waals surface area (Å²) in [5.74, 6) is 0.776. The van der Waals surface area contributed by atoms with E-state index < -0.39 is 5.41 Å². The van der Waals surface area contributed by atoms with E-state index in [4.69, 9.17) is 4.74 Å². The molecule has 1 heterocycles. The Morgan fingerprint density at radius 2 is 2.11 bits per heavy atom. The van der Waals surface area contributed by atoms with Gasteiger partial charge in [0.25, 0.3) is 0 Å². The molecule has 1 aromatic rings. The number of carbonyl (C=O) groups excluding carboxylic acids is 1. The molecule has 0 aliphatic heterocycles. The number of aromatic nitrogens is 2. The van der Waals surface area contributed by atoms with Gasteiger partial charge in [0.1, 0.15) is 0 Å². The lowest BCUT2D eigenvalue weighted by molar-refractivity contribution is -0.128. The summed E-state index contributed by atoms with van der Waals surface area (Å²) < 4.78 is 7.05. The highest BCUT2D eigenvalue weighted by atomic mass is 16.5. The Morgan fingerprint density at radius 3 is 2.63 bits per heavy atom. The molecule has 2 N–H and O–H groups in total. The predicted molar refractivity (Wildman–Crippen MR) is 74.1 cm³/mol. The van der Waals surface area contributed by atoms with E-state index in [1.54, 1.807) is 18.8 Å². The van der Waals surface area contributed by atoms with Crippen LogP contribution in [0.3, 0.4) is 0 Å². The Kier molecular flexibility index (Phi) is 4.94. The van der Waals surface area contributed by atoms with Crippen LogP contribution in [-0.2, 0) is 18.4 Å². The monoisotopic (exact) mass is 268 g/mol. The molecule has 108 valence electrons. The Labute approximate surface area is 114 Å². The lowest BCUT2D eigenvalue weighted by atomic mass is 9.92. The van der Waals surface area contributed by atoms with Crippen LogP contribution in [0.5, 0.6) is 5.88 Å². The van der Waals surface area contributed by atoms with Crippen molar-refractivity contribution in [2.45, 2.75) is 27.3 Å². The van der Waals surface area contributed by atoms with E-state index in [9.17, 15) is 4.79 Å². The van der Waals surface area contributed by atoms with Crippen LogP contribution < -0.4 is 15.4 Å². The molecule has 0 fully saturated rings. The van der Waals surface area contributed by atoms with Crippen molar-refractivity contribution in [1.82, 2.24) is 20.4 Å². The van der Waals surface area contributed by atoms with Gasteiger partial charge in [0, 0.05) is 27.2 Å². The SMILES string of the molecule is CNC(=O)C(C)(C)CNCc1c(C)nn(C)c1OC. The van der Waals surface area contributed by atoms with Gasteiger partial charge in [-0.05, 0) is 20.8 Å². The third-order valence-electron chi connectivity index (χ3n) is 3.19. The van der Waals surface area contributed by atoms with Gasteiger partial charge in [0.2, 0.25) is 11.8 Å². The molecule has 0 saturated heterocycles. The molecule has 0 atom stereocenters. The van der Waals surface area contributed by atoms with Crippen LogP contribution in [0.1, 0.15) is 25.1 Å². The van der Waals surface area contributed by atoms with Crippen LogP contribution in [0.25, 0.3) is 0 Å². The van der Waals surface area contributed by atoms with Crippen molar-refractivity contribution in [2.24, 2.45) is 12.5 Å². The number of ether oxygens (including phenoxy) is 1. The van der Waals surface area contributed by atoms with Crippen molar-refractivity contribution in [3.8, 4) is 5.88 Å². The van der Waals surface area contributed by atoms with Gasteiger partial charge >= 0.3 is 0 Å². The van der Waals surface area contributed by atoms with Gasteiger partial charge in [-0.25, -0.2) is 4.68 Å². The summed E-state index contributed by atoms with van der Waals surface area (Å²) in [5.41, 5.74) is 1.51. The van der Waals surface area contributed by atoms with Gasteiger partial charge in [-0.3, -0.25) is 4.79 Å². The Bertz CT molecular complexity index is 452. The molecular formula is C13H24N4O2. The molecule has 0 aromatic carbocycles. The molecule has 6 nitrogen and oxygen atoms in total. The third kappa shape index (κ3) is 3.47. The van der Waals surface area contributed by atoms with E-state index in [1.165, 1.54) is 0 Å². The van der Waals surface area contributed by atoms with Crippen molar-refractivity contribution in [1.29, 1.82) is 0 Å². The number of aryl methyl sites for hydroxylation is 2. The normalized spacial score (nSPS) is 11.5. The highest BCUT2D eigenvalue weighted by Crippen LogP contribution is 2.21. The van der Waals surface area contributed by atoms with Crippen molar-refractivity contribution in [2.75, 3.05) is 20.7 Å². The molecule has 0 bridgehead atoms. The average molecular weight is 268 g/mol. The maximum atomic E-state index is 11.7. The van der Waals surface area contributed by atoms with Gasteiger partial charge in [-0.2, -0.15) is 5.10 Å². The standard InChI is InChI=1S/C13H24N4O2/c1-9-10(11(19-6)17(5)16-9)7-15-8-13(2,3)12(18)14-4/h15H,7-8H2,1-6H3,(H,14,18). The molecular weight excluding hydrogens is 244 g/mol. The molecule has 1 rings (SSSR count). The van der Waals surface area contributed by atoms with Crippen LogP contribution in [0, 0.1) is 12.3 Å². The summed E-state index contributed by atoms with van der Waals surface area (Å²) >= 11 is 0. The molecule has 0 radical (unpaired) electrons. The zero-order valence-electron chi connectivity index (χ0n) is 12.6. The molecule has 0 aliphatic rings. The minimum atomic E-state index is -0.446. The second-order valence-corrected chi connectivity index (χ2v) is 5.26. The first-order valence-corrected chi connectivity index (χ1v) is 6.33. The number of methoxy groups -OCH3 is 1. The van der Waals surface area contributed by atoms with Crippen molar-refractivity contribution in [3.05, 3.63) is 11.3 Å². The lowest BCUT2D eigenvalue weighted by Gasteiger charge is -2.23. The third-order valence-corrected chi connectivity index (χ3v) is 3.19. The van der Waals surface area contributed by atoms with E-state index in [1.807, 2.05) is 27.8 Å². The Morgan fingerprint density at radius 1 is 1.47 bits per heavy atom. The van der Waals surface area contributed by atoms with Crippen LogP contribution in [0.4, 0.5) is 0 Å². The van der Waals surface area contributed by atoms with E-state index in [0.717, 1.165) is 17.1 Å². The summed E-state index contributed by atoms with van der Waals surface area (Å²) in [5, 5.41) is 10.3. The Hall–Kier alpha value is -1.56. The maximum Gasteiger partial charge on any atom is 0.226 e. The Balaban J connectivity index is 2.66. The molecule has 1 aromatic heterocycles. The highest BCUT2D eigenvalue weighted by Gasteiger charge is 2.26. The van der Waals surface area contributed by atoms with Gasteiger partial charge in [-0.1, -0.05) is 0 Å². The minimum Gasteiger partial charge on any atom is -0.481 e. The first-order valence-electron chi connectivity index (χ1n) is 6.33. The number of hydrogen-bond donors (Lipinski definition) is 2. The van der Waals surface area contributed by atoms with Gasteiger partial charge in [0.05, 0.1) is 23.8 Å². The largest absolute Gasteiger partial charge is 0.481 e. The number of carbonyl (C=O) groups is 1. The number of nitrogens with zero attached hydrogens (tertiary/aromatic N) is 2. The van der Waals surface area contributed by atoms with E-state index in [0.29, 0.717) is 13.1 Å². The first-order chi connectivity index (χ1) is 8.83. The van der Waals surface area contributed by atoms with Crippen LogP contribution >= 0.6 is 0 Å². The molecule has 0 saturated carbocycles. The lowest BCUT2D eigenvalue weighted by Crippen LogP contribution is -2.41. The fraction of sp³-hybridized carbons (Fsp3) is 0.692. The van der Waals surface area contributed by atoms with Gasteiger partial charge < -0.3 is 15.4 Å². The van der Waals surface area contributed by atoms with Crippen LogP contribution in [0.15, 0.2) is 0 Å². The average Bonchev–Trinajstić information content (AvgIpc) is 2.62. The maximum absolute atomic E-state index is 11.7. The topological polar surface area (TPSA) is 68.2 Å². The van der Waals surface area contributed by atoms with E-state index in [2.05, 4.69) is 15.7 Å².